The normalized spacial score (nSPS) is 12.1. The largest absolute Gasteiger partial charge is 0.495 e. The molecule has 2 N–H and O–H groups in total. The molecule has 0 spiro atoms. The first-order chi connectivity index (χ1) is 8.08. The van der Waals surface area contributed by atoms with Crippen molar-refractivity contribution in [3.8, 4) is 11.8 Å². The van der Waals surface area contributed by atoms with Gasteiger partial charge in [-0.1, -0.05) is 0 Å². The topological polar surface area (TPSA) is 101 Å². The number of azo groups is 1. The van der Waals surface area contributed by atoms with Crippen LogP contribution in [0.4, 0.5) is 5.69 Å². The minimum Gasteiger partial charge on any atom is -0.495 e. The van der Waals surface area contributed by atoms with E-state index in [1.54, 1.807) is 24.3 Å². The van der Waals surface area contributed by atoms with Crippen LogP contribution in [0.1, 0.15) is 0 Å². The summed E-state index contributed by atoms with van der Waals surface area (Å²) in [6.45, 7) is 0. The lowest BCUT2D eigenvalue weighted by atomic mass is 10.3. The molecule has 0 saturated heterocycles. The molecule has 1 unspecified atom stereocenters. The Bertz CT molecular complexity index is 496. The van der Waals surface area contributed by atoms with Crippen molar-refractivity contribution in [2.75, 3.05) is 7.11 Å². The Balaban J connectivity index is 2.92. The zero-order valence-corrected chi connectivity index (χ0v) is 10.5. The molecule has 7 heteroatoms. The van der Waals surface area contributed by atoms with Gasteiger partial charge in [0.1, 0.15) is 11.8 Å². The van der Waals surface area contributed by atoms with Gasteiger partial charge in [0.25, 0.3) is 5.91 Å². The maximum atomic E-state index is 10.7. The summed E-state index contributed by atoms with van der Waals surface area (Å²) in [5.41, 5.74) is 5.41. The highest BCUT2D eigenvalue weighted by Gasteiger charge is 2.12. The third-order valence-corrected chi connectivity index (χ3v) is 2.47. The Morgan fingerprint density at radius 3 is 2.88 bits per heavy atom. The molecule has 0 heterocycles. The molecular weight excluding hydrogens is 288 g/mol. The Hall–Kier alpha value is -1.94. The average molecular weight is 297 g/mol. The minimum absolute atomic E-state index is 0.464. The van der Waals surface area contributed by atoms with E-state index in [-0.39, 0.29) is 0 Å². The quantitative estimate of drug-likeness (QED) is 0.859. The Labute approximate surface area is 106 Å². The first-order valence-corrected chi connectivity index (χ1v) is 5.31. The molecule has 0 fully saturated rings. The maximum absolute atomic E-state index is 10.7. The van der Waals surface area contributed by atoms with E-state index >= 15 is 0 Å². The van der Waals surface area contributed by atoms with E-state index in [0.717, 1.165) is 4.47 Å². The lowest BCUT2D eigenvalue weighted by Gasteiger charge is -2.03. The number of nitrogens with two attached hydrogens (primary N) is 1. The third kappa shape index (κ3) is 3.53. The van der Waals surface area contributed by atoms with Gasteiger partial charge in [0.15, 0.2) is 0 Å². The van der Waals surface area contributed by atoms with E-state index in [4.69, 9.17) is 15.7 Å². The van der Waals surface area contributed by atoms with Gasteiger partial charge in [0.2, 0.25) is 6.04 Å². The highest BCUT2D eigenvalue weighted by molar-refractivity contribution is 9.10. The zero-order chi connectivity index (χ0) is 12.8. The van der Waals surface area contributed by atoms with E-state index in [0.29, 0.717) is 11.4 Å². The predicted octanol–water partition coefficient (Wildman–Crippen LogP) is 1.92. The van der Waals surface area contributed by atoms with Gasteiger partial charge < -0.3 is 10.5 Å². The third-order valence-electron chi connectivity index (χ3n) is 1.82. The van der Waals surface area contributed by atoms with Crippen LogP contribution >= 0.6 is 15.9 Å². The number of carbonyl (C=O) groups excluding carboxylic acids is 1. The lowest BCUT2D eigenvalue weighted by molar-refractivity contribution is -0.118. The number of halogens is 1. The van der Waals surface area contributed by atoms with Crippen LogP contribution < -0.4 is 10.5 Å². The van der Waals surface area contributed by atoms with Crippen LogP contribution in [0, 0.1) is 11.3 Å². The molecule has 0 saturated carbocycles. The van der Waals surface area contributed by atoms with Gasteiger partial charge in [-0.05, 0) is 28.1 Å². The summed E-state index contributed by atoms with van der Waals surface area (Å²) >= 11 is 3.28. The van der Waals surface area contributed by atoms with E-state index < -0.39 is 11.9 Å². The molecule has 6 nitrogen and oxygen atoms in total. The zero-order valence-electron chi connectivity index (χ0n) is 8.92. The van der Waals surface area contributed by atoms with Crippen molar-refractivity contribution in [2.45, 2.75) is 6.04 Å². The van der Waals surface area contributed by atoms with Crippen molar-refractivity contribution in [1.29, 1.82) is 5.26 Å². The molecule has 17 heavy (non-hydrogen) atoms. The smallest absolute Gasteiger partial charge is 0.258 e. The number of nitrogens with zero attached hydrogens (tertiary/aromatic N) is 3. The van der Waals surface area contributed by atoms with Crippen LogP contribution in [0.15, 0.2) is 32.9 Å². The summed E-state index contributed by atoms with van der Waals surface area (Å²) in [5.74, 6) is -0.255. The number of rotatable bonds is 4. The number of amides is 1. The van der Waals surface area contributed by atoms with Crippen LogP contribution in [-0.2, 0) is 4.79 Å². The van der Waals surface area contributed by atoms with Crippen molar-refractivity contribution < 1.29 is 9.53 Å². The van der Waals surface area contributed by atoms with Gasteiger partial charge in [-0.15, -0.1) is 0 Å². The van der Waals surface area contributed by atoms with Gasteiger partial charge in [-0.25, -0.2) is 0 Å². The SMILES string of the molecule is COc1cc(/N=N/C(C#N)C(N)=O)ccc1Br. The van der Waals surface area contributed by atoms with Gasteiger partial charge in [-0.2, -0.15) is 15.5 Å². The summed E-state index contributed by atoms with van der Waals surface area (Å²) in [6.07, 6.45) is 0. The van der Waals surface area contributed by atoms with Crippen molar-refractivity contribution in [1.82, 2.24) is 0 Å². The number of nitriles is 1. The number of carbonyl (C=O) groups is 1. The highest BCUT2D eigenvalue weighted by atomic mass is 79.9. The average Bonchev–Trinajstić information content (AvgIpc) is 2.31. The molecule has 1 aromatic carbocycles. The number of benzene rings is 1. The Morgan fingerprint density at radius 2 is 2.35 bits per heavy atom. The summed E-state index contributed by atoms with van der Waals surface area (Å²) in [4.78, 5) is 10.7. The van der Waals surface area contributed by atoms with Crippen LogP contribution in [0.25, 0.3) is 0 Å². The van der Waals surface area contributed by atoms with Crippen LogP contribution in [0.2, 0.25) is 0 Å². The van der Waals surface area contributed by atoms with Crippen molar-refractivity contribution in [2.24, 2.45) is 16.0 Å². The summed E-state index contributed by atoms with van der Waals surface area (Å²) in [7, 11) is 1.52. The molecule has 0 radical (unpaired) electrons. The molecule has 1 atom stereocenters. The Morgan fingerprint density at radius 1 is 1.65 bits per heavy atom. The maximum Gasteiger partial charge on any atom is 0.258 e. The minimum atomic E-state index is -1.27. The summed E-state index contributed by atoms with van der Waals surface area (Å²) in [5, 5.41) is 15.9. The lowest BCUT2D eigenvalue weighted by Crippen LogP contribution is -2.24. The summed E-state index contributed by atoms with van der Waals surface area (Å²) < 4.78 is 5.83. The van der Waals surface area contributed by atoms with E-state index in [2.05, 4.69) is 26.2 Å². The second-order valence-electron chi connectivity index (χ2n) is 2.97. The number of hydrogen-bond acceptors (Lipinski definition) is 5. The summed E-state index contributed by atoms with van der Waals surface area (Å²) in [6, 6.07) is 5.36. The van der Waals surface area contributed by atoms with Gasteiger partial charge in [0.05, 0.1) is 17.3 Å². The number of ether oxygens (including phenoxy) is 1. The van der Waals surface area contributed by atoms with Crippen molar-refractivity contribution in [3.05, 3.63) is 22.7 Å². The van der Waals surface area contributed by atoms with Crippen LogP contribution in [0.3, 0.4) is 0 Å². The molecule has 0 aliphatic carbocycles. The molecule has 0 bridgehead atoms. The monoisotopic (exact) mass is 296 g/mol. The molecule has 1 amide bonds. The van der Waals surface area contributed by atoms with Crippen molar-refractivity contribution in [3.63, 3.8) is 0 Å². The van der Waals surface area contributed by atoms with Gasteiger partial charge >= 0.3 is 0 Å². The molecule has 88 valence electrons. The van der Waals surface area contributed by atoms with E-state index in [1.165, 1.54) is 7.11 Å². The predicted molar refractivity (Wildman–Crippen MR) is 63.8 cm³/mol. The fraction of sp³-hybridized carbons (Fsp3) is 0.200. The standard InChI is InChI=1S/C10H9BrN4O2/c1-17-9-4-6(2-3-7(9)11)14-15-8(5-12)10(13)16/h2-4,8H,1H3,(H2,13,16)/b15-14+. The number of methoxy groups -OCH3 is 1. The van der Waals surface area contributed by atoms with Crippen molar-refractivity contribution >= 4 is 27.5 Å². The molecular formula is C10H9BrN4O2. The molecule has 0 aliphatic heterocycles. The fourth-order valence-corrected chi connectivity index (χ4v) is 1.39. The second kappa shape index (κ2) is 5.96. The van der Waals surface area contributed by atoms with Crippen LogP contribution in [0.5, 0.6) is 5.75 Å². The fourth-order valence-electron chi connectivity index (χ4n) is 0.981. The first kappa shape index (κ1) is 13.1. The Kier molecular flexibility index (Phi) is 4.60. The van der Waals surface area contributed by atoms with Crippen LogP contribution in [-0.4, -0.2) is 19.1 Å². The first-order valence-electron chi connectivity index (χ1n) is 4.51. The van der Waals surface area contributed by atoms with E-state index in [1.807, 2.05) is 0 Å². The number of primary amides is 1. The molecule has 0 aliphatic rings. The number of hydrogen-bond donors (Lipinski definition) is 1. The second-order valence-corrected chi connectivity index (χ2v) is 3.82. The van der Waals surface area contributed by atoms with Gasteiger partial charge in [0, 0.05) is 6.07 Å². The van der Waals surface area contributed by atoms with E-state index in [9.17, 15) is 4.79 Å². The molecule has 1 rings (SSSR count). The molecule has 0 aromatic heterocycles. The highest BCUT2D eigenvalue weighted by Crippen LogP contribution is 2.29. The molecule has 1 aromatic rings. The van der Waals surface area contributed by atoms with Gasteiger partial charge in [-0.3, -0.25) is 4.79 Å².